The topological polar surface area (TPSA) is 81.0 Å². The molecule has 7 nitrogen and oxygen atoms in total. The minimum atomic E-state index is -2.86. The standard InChI is InChI=1S/C12H14ClN5O2S/c13-10-1-2-12(14-7-10)18-9-11(15-16-18)8-17-3-5-21(19,20)6-4-17/h1-2,7,9H,3-6,8H2. The SMILES string of the molecule is O=S1(=O)CCN(Cc2cn(-c3ccc(Cl)cn3)nn2)CC1. The zero-order chi connectivity index (χ0) is 14.9. The molecule has 2 aromatic heterocycles. The summed E-state index contributed by atoms with van der Waals surface area (Å²) in [5, 5.41) is 8.68. The third-order valence-corrected chi connectivity index (χ3v) is 5.14. The lowest BCUT2D eigenvalue weighted by atomic mass is 10.4. The summed E-state index contributed by atoms with van der Waals surface area (Å²) in [4.78, 5) is 6.22. The Morgan fingerprint density at radius 3 is 2.67 bits per heavy atom. The van der Waals surface area contributed by atoms with Crippen LogP contribution in [0.25, 0.3) is 5.82 Å². The van der Waals surface area contributed by atoms with E-state index in [1.807, 2.05) is 0 Å². The van der Waals surface area contributed by atoms with Crippen LogP contribution in [0.1, 0.15) is 5.69 Å². The highest BCUT2D eigenvalue weighted by Crippen LogP contribution is 2.11. The molecule has 0 bridgehead atoms. The number of aromatic nitrogens is 4. The van der Waals surface area contributed by atoms with Gasteiger partial charge >= 0.3 is 0 Å². The normalized spacial score (nSPS) is 18.7. The van der Waals surface area contributed by atoms with Crippen LogP contribution in [-0.4, -0.2) is 57.9 Å². The van der Waals surface area contributed by atoms with Crippen molar-refractivity contribution in [1.29, 1.82) is 0 Å². The van der Waals surface area contributed by atoms with Crippen LogP contribution in [0.2, 0.25) is 5.02 Å². The highest BCUT2D eigenvalue weighted by Gasteiger charge is 2.22. The Balaban J connectivity index is 1.67. The second kappa shape index (κ2) is 5.70. The number of nitrogens with zero attached hydrogens (tertiary/aromatic N) is 5. The molecule has 2 aromatic rings. The molecule has 0 aromatic carbocycles. The molecule has 0 aliphatic carbocycles. The third kappa shape index (κ3) is 3.58. The van der Waals surface area contributed by atoms with Crippen LogP contribution in [0.5, 0.6) is 0 Å². The lowest BCUT2D eigenvalue weighted by Gasteiger charge is -2.25. The Morgan fingerprint density at radius 1 is 1.24 bits per heavy atom. The molecular formula is C12H14ClN5O2S. The molecule has 0 spiro atoms. The van der Waals surface area contributed by atoms with Gasteiger partial charge in [-0.1, -0.05) is 16.8 Å². The van der Waals surface area contributed by atoms with Crippen LogP contribution in [-0.2, 0) is 16.4 Å². The maximum absolute atomic E-state index is 11.4. The fourth-order valence-corrected chi connectivity index (χ4v) is 3.51. The molecule has 0 unspecified atom stereocenters. The van der Waals surface area contributed by atoms with Crippen molar-refractivity contribution in [2.24, 2.45) is 0 Å². The Morgan fingerprint density at radius 2 is 2.00 bits per heavy atom. The monoisotopic (exact) mass is 327 g/mol. The molecule has 1 aliphatic rings. The van der Waals surface area contributed by atoms with Gasteiger partial charge in [-0.3, -0.25) is 4.90 Å². The van der Waals surface area contributed by atoms with Crippen LogP contribution in [0.3, 0.4) is 0 Å². The van der Waals surface area contributed by atoms with Crippen molar-refractivity contribution < 1.29 is 8.42 Å². The summed E-state index contributed by atoms with van der Waals surface area (Å²) in [6.45, 7) is 1.66. The van der Waals surface area contributed by atoms with Gasteiger partial charge in [0.1, 0.15) is 0 Å². The first-order valence-electron chi connectivity index (χ1n) is 6.48. The van der Waals surface area contributed by atoms with Crippen molar-refractivity contribution in [3.63, 3.8) is 0 Å². The molecule has 3 heterocycles. The van der Waals surface area contributed by atoms with Crippen molar-refractivity contribution in [2.75, 3.05) is 24.6 Å². The van der Waals surface area contributed by atoms with Gasteiger partial charge in [-0.25, -0.2) is 18.1 Å². The second-order valence-electron chi connectivity index (χ2n) is 4.92. The molecule has 112 valence electrons. The second-order valence-corrected chi connectivity index (χ2v) is 7.66. The smallest absolute Gasteiger partial charge is 0.155 e. The minimum absolute atomic E-state index is 0.208. The molecule has 21 heavy (non-hydrogen) atoms. The van der Waals surface area contributed by atoms with E-state index >= 15 is 0 Å². The van der Waals surface area contributed by atoms with E-state index < -0.39 is 9.84 Å². The number of sulfone groups is 1. The molecule has 0 N–H and O–H groups in total. The van der Waals surface area contributed by atoms with Crippen molar-refractivity contribution in [2.45, 2.75) is 6.54 Å². The third-order valence-electron chi connectivity index (χ3n) is 3.31. The fourth-order valence-electron chi connectivity index (χ4n) is 2.12. The highest BCUT2D eigenvalue weighted by molar-refractivity contribution is 7.91. The summed E-state index contributed by atoms with van der Waals surface area (Å²) in [5.74, 6) is 1.05. The first-order valence-corrected chi connectivity index (χ1v) is 8.68. The zero-order valence-corrected chi connectivity index (χ0v) is 12.8. The van der Waals surface area contributed by atoms with Crippen LogP contribution >= 0.6 is 11.6 Å². The van der Waals surface area contributed by atoms with Gasteiger partial charge < -0.3 is 0 Å². The molecular weight excluding hydrogens is 314 g/mol. The van der Waals surface area contributed by atoms with E-state index in [0.717, 1.165) is 5.69 Å². The average molecular weight is 328 g/mol. The van der Waals surface area contributed by atoms with E-state index in [2.05, 4.69) is 20.2 Å². The summed E-state index contributed by atoms with van der Waals surface area (Å²) < 4.78 is 24.4. The van der Waals surface area contributed by atoms with E-state index in [1.165, 1.54) is 0 Å². The maximum Gasteiger partial charge on any atom is 0.155 e. The van der Waals surface area contributed by atoms with Gasteiger partial charge in [0.15, 0.2) is 15.7 Å². The average Bonchev–Trinajstić information content (AvgIpc) is 2.91. The first-order chi connectivity index (χ1) is 10.0. The van der Waals surface area contributed by atoms with Crippen LogP contribution in [0, 0.1) is 0 Å². The summed E-state index contributed by atoms with van der Waals surface area (Å²) >= 11 is 5.79. The quantitative estimate of drug-likeness (QED) is 0.818. The lowest BCUT2D eigenvalue weighted by molar-refractivity contribution is 0.284. The number of hydrogen-bond donors (Lipinski definition) is 0. The predicted molar refractivity (Wildman–Crippen MR) is 78.1 cm³/mol. The van der Waals surface area contributed by atoms with Crippen molar-refractivity contribution in [1.82, 2.24) is 24.9 Å². The number of halogens is 1. The molecule has 1 saturated heterocycles. The Kier molecular flexibility index (Phi) is 3.92. The Hall–Kier alpha value is -1.51. The van der Waals surface area contributed by atoms with E-state index in [0.29, 0.717) is 30.5 Å². The molecule has 0 atom stereocenters. The fraction of sp³-hybridized carbons (Fsp3) is 0.417. The van der Waals surface area contributed by atoms with Crippen molar-refractivity contribution in [3.05, 3.63) is 35.2 Å². The molecule has 0 radical (unpaired) electrons. The maximum atomic E-state index is 11.4. The summed E-state index contributed by atoms with van der Waals surface area (Å²) in [6, 6.07) is 3.50. The predicted octanol–water partition coefficient (Wildman–Crippen LogP) is 0.546. The minimum Gasteiger partial charge on any atom is -0.295 e. The largest absolute Gasteiger partial charge is 0.295 e. The van der Waals surface area contributed by atoms with Crippen molar-refractivity contribution in [3.8, 4) is 5.82 Å². The summed E-state index contributed by atoms with van der Waals surface area (Å²) in [5.41, 5.74) is 0.783. The molecule has 0 saturated carbocycles. The van der Waals surface area contributed by atoms with E-state index in [9.17, 15) is 8.42 Å². The summed E-state index contributed by atoms with van der Waals surface area (Å²) in [7, 11) is -2.86. The van der Waals surface area contributed by atoms with Crippen LogP contribution in [0.4, 0.5) is 0 Å². The number of rotatable bonds is 3. The van der Waals surface area contributed by atoms with Crippen LogP contribution < -0.4 is 0 Å². The van der Waals surface area contributed by atoms with E-state index in [-0.39, 0.29) is 11.5 Å². The first kappa shape index (κ1) is 14.4. The molecule has 3 rings (SSSR count). The van der Waals surface area contributed by atoms with Gasteiger partial charge in [-0.05, 0) is 12.1 Å². The van der Waals surface area contributed by atoms with Crippen molar-refractivity contribution >= 4 is 21.4 Å². The Labute approximate surface area is 127 Å². The Bertz CT molecular complexity index is 714. The molecule has 1 aliphatic heterocycles. The zero-order valence-electron chi connectivity index (χ0n) is 11.2. The molecule has 0 amide bonds. The lowest BCUT2D eigenvalue weighted by Crippen LogP contribution is -2.39. The highest BCUT2D eigenvalue weighted by atomic mass is 35.5. The van der Waals surface area contributed by atoms with Gasteiger partial charge in [0, 0.05) is 25.8 Å². The summed E-state index contributed by atoms with van der Waals surface area (Å²) in [6.07, 6.45) is 3.34. The number of hydrogen-bond acceptors (Lipinski definition) is 6. The van der Waals surface area contributed by atoms with Gasteiger partial charge in [0.05, 0.1) is 28.4 Å². The number of pyridine rings is 1. The van der Waals surface area contributed by atoms with Gasteiger partial charge in [0.2, 0.25) is 0 Å². The van der Waals surface area contributed by atoms with Gasteiger partial charge in [0.25, 0.3) is 0 Å². The van der Waals surface area contributed by atoms with E-state index in [4.69, 9.17) is 11.6 Å². The van der Waals surface area contributed by atoms with E-state index in [1.54, 1.807) is 29.2 Å². The molecule has 1 fully saturated rings. The van der Waals surface area contributed by atoms with Crippen LogP contribution in [0.15, 0.2) is 24.5 Å². The van der Waals surface area contributed by atoms with Gasteiger partial charge in [-0.15, -0.1) is 5.10 Å². The van der Waals surface area contributed by atoms with Gasteiger partial charge in [-0.2, -0.15) is 0 Å². The molecule has 9 heteroatoms.